The fourth-order valence-corrected chi connectivity index (χ4v) is 2.54. The van der Waals surface area contributed by atoms with Gasteiger partial charge in [0.25, 0.3) is 6.47 Å². The van der Waals surface area contributed by atoms with Gasteiger partial charge in [-0.3, -0.25) is 4.79 Å². The lowest BCUT2D eigenvalue weighted by Gasteiger charge is -2.15. The average molecular weight is 472 g/mol. The van der Waals surface area contributed by atoms with E-state index in [9.17, 15) is 18.8 Å². The monoisotopic (exact) mass is 472 g/mol. The summed E-state index contributed by atoms with van der Waals surface area (Å²) < 4.78 is 40.7. The summed E-state index contributed by atoms with van der Waals surface area (Å²) in [5.41, 5.74) is 1.19. The first-order valence-electron chi connectivity index (χ1n) is 10.2. The highest BCUT2D eigenvalue weighted by Gasteiger charge is 2.15. The van der Waals surface area contributed by atoms with E-state index >= 15 is 0 Å². The number of benzene rings is 2. The molecule has 0 heterocycles. The van der Waals surface area contributed by atoms with Crippen LogP contribution in [0.3, 0.4) is 0 Å². The van der Waals surface area contributed by atoms with Crippen LogP contribution in [-0.4, -0.2) is 44.8 Å². The number of esters is 2. The maximum atomic E-state index is 14.9. The summed E-state index contributed by atoms with van der Waals surface area (Å²) in [5, 5.41) is 0. The number of hydrogen-bond acceptors (Lipinski definition) is 8. The third-order valence-electron chi connectivity index (χ3n) is 4.21. The minimum atomic E-state index is -0.598. The predicted octanol–water partition coefficient (Wildman–Crippen LogP) is 4.02. The number of ether oxygens (including phenoxy) is 5. The van der Waals surface area contributed by atoms with Crippen molar-refractivity contribution in [3.63, 3.8) is 0 Å². The summed E-state index contributed by atoms with van der Waals surface area (Å²) >= 11 is 0. The summed E-state index contributed by atoms with van der Waals surface area (Å²) in [6.45, 7) is 10.2. The van der Waals surface area contributed by atoms with Crippen molar-refractivity contribution < 1.29 is 42.5 Å². The average Bonchev–Trinajstić information content (AvgIpc) is 2.80. The van der Waals surface area contributed by atoms with E-state index in [4.69, 9.17) is 18.9 Å². The highest BCUT2D eigenvalue weighted by molar-refractivity contribution is 5.89. The second kappa shape index (κ2) is 12.8. The molecular formula is C25H25FO8. The quantitative estimate of drug-likeness (QED) is 0.142. The number of halogens is 1. The Morgan fingerprint density at radius 2 is 1.47 bits per heavy atom. The lowest BCUT2D eigenvalue weighted by Crippen LogP contribution is -2.13. The molecule has 0 aromatic heterocycles. The molecule has 0 aliphatic heterocycles. The lowest BCUT2D eigenvalue weighted by atomic mass is 10.0. The molecule has 0 atom stereocenters. The van der Waals surface area contributed by atoms with Gasteiger partial charge in [0.15, 0.2) is 11.5 Å². The fraction of sp³-hybridized carbons (Fsp3) is 0.240. The first kappa shape index (κ1) is 26.1. The van der Waals surface area contributed by atoms with Crippen LogP contribution in [0.4, 0.5) is 4.39 Å². The van der Waals surface area contributed by atoms with Crippen molar-refractivity contribution in [3.8, 4) is 28.4 Å². The summed E-state index contributed by atoms with van der Waals surface area (Å²) in [5.74, 6) is -1.18. The topological polar surface area (TPSA) is 97.4 Å². The Morgan fingerprint density at radius 1 is 0.882 bits per heavy atom. The van der Waals surface area contributed by atoms with E-state index in [0.717, 1.165) is 6.07 Å². The molecule has 8 nitrogen and oxygen atoms in total. The Balaban J connectivity index is 2.22. The molecule has 180 valence electrons. The third-order valence-corrected chi connectivity index (χ3v) is 4.21. The van der Waals surface area contributed by atoms with Crippen molar-refractivity contribution in [3.05, 3.63) is 66.5 Å². The Bertz CT molecular complexity index is 1060. The van der Waals surface area contributed by atoms with Crippen molar-refractivity contribution in [2.75, 3.05) is 26.4 Å². The highest BCUT2D eigenvalue weighted by atomic mass is 19.1. The molecule has 0 amide bonds. The normalized spacial score (nSPS) is 10.1. The van der Waals surface area contributed by atoms with Gasteiger partial charge in [-0.15, -0.1) is 0 Å². The van der Waals surface area contributed by atoms with Gasteiger partial charge in [0.1, 0.15) is 38.0 Å². The molecule has 0 fully saturated rings. The largest absolute Gasteiger partial charge is 0.486 e. The van der Waals surface area contributed by atoms with E-state index in [0.29, 0.717) is 5.56 Å². The van der Waals surface area contributed by atoms with Crippen LogP contribution in [-0.2, 0) is 23.9 Å². The molecule has 0 radical (unpaired) electrons. The van der Waals surface area contributed by atoms with E-state index < -0.39 is 17.8 Å². The van der Waals surface area contributed by atoms with Crippen LogP contribution in [0.2, 0.25) is 0 Å². The van der Waals surface area contributed by atoms with Gasteiger partial charge in [-0.1, -0.05) is 25.3 Å². The van der Waals surface area contributed by atoms with E-state index in [1.165, 1.54) is 32.0 Å². The Labute approximate surface area is 196 Å². The van der Waals surface area contributed by atoms with Crippen molar-refractivity contribution in [2.45, 2.75) is 13.8 Å². The molecule has 0 aliphatic carbocycles. The van der Waals surface area contributed by atoms with Gasteiger partial charge >= 0.3 is 11.9 Å². The zero-order chi connectivity index (χ0) is 25.1. The lowest BCUT2D eigenvalue weighted by molar-refractivity contribution is -0.139. The second-order valence-corrected chi connectivity index (χ2v) is 7.05. The van der Waals surface area contributed by atoms with Crippen LogP contribution in [0.25, 0.3) is 11.1 Å². The first-order valence-corrected chi connectivity index (χ1v) is 10.2. The van der Waals surface area contributed by atoms with Crippen molar-refractivity contribution in [1.29, 1.82) is 0 Å². The molecule has 0 aliphatic rings. The molecule has 0 saturated heterocycles. The molecule has 0 saturated carbocycles. The van der Waals surface area contributed by atoms with E-state index in [1.54, 1.807) is 12.1 Å². The molecular weight excluding hydrogens is 447 g/mol. The molecule has 34 heavy (non-hydrogen) atoms. The number of carbonyl (C=O) groups excluding carboxylic acids is 3. The van der Waals surface area contributed by atoms with Gasteiger partial charge in [-0.25, -0.2) is 14.0 Å². The van der Waals surface area contributed by atoms with Crippen LogP contribution in [0, 0.1) is 5.82 Å². The van der Waals surface area contributed by atoms with E-state index in [1.807, 2.05) is 0 Å². The molecule has 2 aromatic rings. The minimum Gasteiger partial charge on any atom is -0.486 e. The molecule has 9 heteroatoms. The third kappa shape index (κ3) is 7.77. The maximum absolute atomic E-state index is 14.9. The van der Waals surface area contributed by atoms with E-state index in [2.05, 4.69) is 17.9 Å². The summed E-state index contributed by atoms with van der Waals surface area (Å²) in [4.78, 5) is 33.5. The molecule has 0 N–H and O–H groups in total. The molecule has 2 rings (SSSR count). The van der Waals surface area contributed by atoms with Gasteiger partial charge in [-0.05, 0) is 37.6 Å². The van der Waals surface area contributed by atoms with Crippen molar-refractivity contribution >= 4 is 18.4 Å². The summed E-state index contributed by atoms with van der Waals surface area (Å²) in [6, 6.07) is 8.77. The minimum absolute atomic E-state index is 0.0265. The van der Waals surface area contributed by atoms with Gasteiger partial charge in [0, 0.05) is 22.8 Å². The SMILES string of the molecule is C=C(C)C(=O)OCCOc1cc(-c2ccc(OC(=O)C(=C)C)cc2)c(F)cc1OCCOC=O. The standard InChI is InChI=1S/C25H25FO8/c1-16(2)24(28)33-12-11-32-22-13-20(21(26)14-23(22)31-10-9-30-15-27)18-5-7-19(8-6-18)34-25(29)17(3)4/h5-8,13-15H,1,3,9-12H2,2,4H3. The van der Waals surface area contributed by atoms with Gasteiger partial charge in [0.2, 0.25) is 0 Å². The van der Waals surface area contributed by atoms with Crippen molar-refractivity contribution in [2.24, 2.45) is 0 Å². The number of carbonyl (C=O) groups is 3. The Kier molecular flexibility index (Phi) is 9.82. The van der Waals surface area contributed by atoms with Gasteiger partial charge < -0.3 is 23.7 Å². The van der Waals surface area contributed by atoms with Crippen LogP contribution in [0.1, 0.15) is 13.8 Å². The zero-order valence-corrected chi connectivity index (χ0v) is 18.9. The second-order valence-electron chi connectivity index (χ2n) is 7.05. The number of hydrogen-bond donors (Lipinski definition) is 0. The smallest absolute Gasteiger partial charge is 0.338 e. The molecule has 0 unspecified atom stereocenters. The predicted molar refractivity (Wildman–Crippen MR) is 121 cm³/mol. The summed E-state index contributed by atoms with van der Waals surface area (Å²) in [6.07, 6.45) is 0. The fourth-order valence-electron chi connectivity index (χ4n) is 2.54. The highest BCUT2D eigenvalue weighted by Crippen LogP contribution is 2.36. The molecule has 2 aromatic carbocycles. The van der Waals surface area contributed by atoms with Crippen LogP contribution in [0.5, 0.6) is 17.2 Å². The zero-order valence-electron chi connectivity index (χ0n) is 18.9. The van der Waals surface area contributed by atoms with Gasteiger partial charge in [0.05, 0.1) is 0 Å². The maximum Gasteiger partial charge on any atom is 0.338 e. The first-order chi connectivity index (χ1) is 16.2. The van der Waals surface area contributed by atoms with Crippen LogP contribution < -0.4 is 14.2 Å². The molecule has 0 spiro atoms. The Hall–Kier alpha value is -4.14. The number of rotatable bonds is 13. The van der Waals surface area contributed by atoms with Crippen LogP contribution in [0.15, 0.2) is 60.7 Å². The Morgan fingerprint density at radius 3 is 2.06 bits per heavy atom. The van der Waals surface area contributed by atoms with E-state index in [-0.39, 0.29) is 66.9 Å². The van der Waals surface area contributed by atoms with Gasteiger partial charge in [-0.2, -0.15) is 0 Å². The molecule has 0 bridgehead atoms. The van der Waals surface area contributed by atoms with Crippen LogP contribution >= 0.6 is 0 Å². The van der Waals surface area contributed by atoms with Crippen molar-refractivity contribution in [1.82, 2.24) is 0 Å². The summed E-state index contributed by atoms with van der Waals surface area (Å²) in [7, 11) is 0.